The fourth-order valence-corrected chi connectivity index (χ4v) is 2.37. The first-order valence-corrected chi connectivity index (χ1v) is 6.92. The minimum absolute atomic E-state index is 0.164. The van der Waals surface area contributed by atoms with Crippen molar-refractivity contribution in [3.63, 3.8) is 0 Å². The molecule has 0 unspecified atom stereocenters. The SMILES string of the molecule is O=C(CNc1ccc(O)cc1)OCC1CCCCC1. The lowest BCUT2D eigenvalue weighted by Gasteiger charge is -2.21. The fourth-order valence-electron chi connectivity index (χ4n) is 2.37. The molecule has 104 valence electrons. The van der Waals surface area contributed by atoms with Crippen LogP contribution in [0.3, 0.4) is 0 Å². The molecule has 1 aliphatic rings. The number of hydrogen-bond acceptors (Lipinski definition) is 4. The average molecular weight is 263 g/mol. The number of nitrogens with one attached hydrogen (secondary N) is 1. The van der Waals surface area contributed by atoms with E-state index < -0.39 is 0 Å². The van der Waals surface area contributed by atoms with Gasteiger partial charge in [0.15, 0.2) is 0 Å². The number of aromatic hydroxyl groups is 1. The summed E-state index contributed by atoms with van der Waals surface area (Å²) in [6, 6.07) is 6.61. The summed E-state index contributed by atoms with van der Waals surface area (Å²) < 4.78 is 5.28. The normalized spacial score (nSPS) is 16.0. The monoisotopic (exact) mass is 263 g/mol. The van der Waals surface area contributed by atoms with E-state index in [0.717, 1.165) is 5.69 Å². The number of benzene rings is 1. The van der Waals surface area contributed by atoms with Crippen LogP contribution in [-0.4, -0.2) is 24.2 Å². The number of ether oxygens (including phenoxy) is 1. The summed E-state index contributed by atoms with van der Waals surface area (Å²) in [5, 5.41) is 12.1. The summed E-state index contributed by atoms with van der Waals surface area (Å²) in [5.41, 5.74) is 0.799. The van der Waals surface area contributed by atoms with Crippen molar-refractivity contribution in [3.8, 4) is 5.75 Å². The Labute approximate surface area is 113 Å². The highest BCUT2D eigenvalue weighted by atomic mass is 16.5. The van der Waals surface area contributed by atoms with Crippen LogP contribution in [-0.2, 0) is 9.53 Å². The minimum Gasteiger partial charge on any atom is -0.508 e. The molecule has 0 bridgehead atoms. The maximum Gasteiger partial charge on any atom is 0.325 e. The standard InChI is InChI=1S/C15H21NO3/c17-14-8-6-13(7-9-14)16-10-15(18)19-11-12-4-2-1-3-5-12/h6-9,12,16-17H,1-5,10-11H2. The Bertz CT molecular complexity index is 396. The Hall–Kier alpha value is -1.71. The van der Waals surface area contributed by atoms with Gasteiger partial charge >= 0.3 is 5.97 Å². The maximum atomic E-state index is 11.6. The first-order chi connectivity index (χ1) is 9.24. The van der Waals surface area contributed by atoms with Crippen LogP contribution >= 0.6 is 0 Å². The number of carbonyl (C=O) groups is 1. The quantitative estimate of drug-likeness (QED) is 0.633. The Balaban J connectivity index is 1.65. The molecule has 2 N–H and O–H groups in total. The molecule has 0 atom stereocenters. The first-order valence-electron chi connectivity index (χ1n) is 6.92. The van der Waals surface area contributed by atoms with Gasteiger partial charge in [-0.15, -0.1) is 0 Å². The highest BCUT2D eigenvalue weighted by Crippen LogP contribution is 2.23. The number of phenols is 1. The third kappa shape index (κ3) is 4.81. The summed E-state index contributed by atoms with van der Waals surface area (Å²) in [4.78, 5) is 11.6. The lowest BCUT2D eigenvalue weighted by molar-refractivity contribution is -0.143. The smallest absolute Gasteiger partial charge is 0.325 e. The van der Waals surface area contributed by atoms with E-state index in [4.69, 9.17) is 9.84 Å². The van der Waals surface area contributed by atoms with Crippen LogP contribution in [0, 0.1) is 5.92 Å². The van der Waals surface area contributed by atoms with Gasteiger partial charge in [-0.25, -0.2) is 0 Å². The van der Waals surface area contributed by atoms with Crippen LogP contribution in [0.25, 0.3) is 0 Å². The van der Waals surface area contributed by atoms with Gasteiger partial charge in [-0.2, -0.15) is 0 Å². The molecule has 4 nitrogen and oxygen atoms in total. The topological polar surface area (TPSA) is 58.6 Å². The van der Waals surface area contributed by atoms with E-state index >= 15 is 0 Å². The van der Waals surface area contributed by atoms with Gasteiger partial charge in [-0.05, 0) is 43.0 Å². The summed E-state index contributed by atoms with van der Waals surface area (Å²) >= 11 is 0. The fraction of sp³-hybridized carbons (Fsp3) is 0.533. The van der Waals surface area contributed by atoms with Crippen molar-refractivity contribution >= 4 is 11.7 Å². The van der Waals surface area contributed by atoms with Crippen LogP contribution < -0.4 is 5.32 Å². The van der Waals surface area contributed by atoms with Gasteiger partial charge in [-0.3, -0.25) is 4.79 Å². The Morgan fingerprint density at radius 1 is 1.21 bits per heavy atom. The van der Waals surface area contributed by atoms with E-state index in [1.165, 1.54) is 32.1 Å². The van der Waals surface area contributed by atoms with Crippen molar-refractivity contribution in [2.24, 2.45) is 5.92 Å². The zero-order valence-corrected chi connectivity index (χ0v) is 11.1. The van der Waals surface area contributed by atoms with Crippen molar-refractivity contribution in [3.05, 3.63) is 24.3 Å². The molecule has 1 aliphatic carbocycles. The molecular formula is C15H21NO3. The van der Waals surface area contributed by atoms with Crippen molar-refractivity contribution < 1.29 is 14.6 Å². The van der Waals surface area contributed by atoms with Crippen LogP contribution in [0.1, 0.15) is 32.1 Å². The van der Waals surface area contributed by atoms with Gasteiger partial charge in [0.05, 0.1) is 6.61 Å². The molecule has 0 spiro atoms. The maximum absolute atomic E-state index is 11.6. The van der Waals surface area contributed by atoms with Gasteiger partial charge in [0.1, 0.15) is 12.3 Å². The van der Waals surface area contributed by atoms with Crippen molar-refractivity contribution in [2.75, 3.05) is 18.5 Å². The molecule has 1 aromatic rings. The van der Waals surface area contributed by atoms with Gasteiger partial charge < -0.3 is 15.2 Å². The highest BCUT2D eigenvalue weighted by Gasteiger charge is 2.15. The van der Waals surface area contributed by atoms with E-state index in [1.54, 1.807) is 24.3 Å². The van der Waals surface area contributed by atoms with E-state index in [2.05, 4.69) is 5.32 Å². The molecule has 0 saturated heterocycles. The molecule has 0 heterocycles. The van der Waals surface area contributed by atoms with Crippen LogP contribution in [0.2, 0.25) is 0 Å². The Kier molecular flexibility index (Phi) is 5.07. The average Bonchev–Trinajstić information content (AvgIpc) is 2.45. The molecule has 4 heteroatoms. The molecule has 0 radical (unpaired) electrons. The number of carbonyl (C=O) groups excluding carboxylic acids is 1. The Morgan fingerprint density at radius 3 is 2.58 bits per heavy atom. The lowest BCUT2D eigenvalue weighted by atomic mass is 9.90. The van der Waals surface area contributed by atoms with Crippen LogP contribution in [0.4, 0.5) is 5.69 Å². The second kappa shape index (κ2) is 7.02. The van der Waals surface area contributed by atoms with Crippen LogP contribution in [0.5, 0.6) is 5.75 Å². The molecule has 2 rings (SSSR count). The zero-order valence-electron chi connectivity index (χ0n) is 11.1. The van der Waals surface area contributed by atoms with E-state index in [9.17, 15) is 4.79 Å². The van der Waals surface area contributed by atoms with Gasteiger partial charge in [-0.1, -0.05) is 19.3 Å². The lowest BCUT2D eigenvalue weighted by Crippen LogP contribution is -2.21. The Morgan fingerprint density at radius 2 is 1.89 bits per heavy atom. The van der Waals surface area contributed by atoms with E-state index in [0.29, 0.717) is 12.5 Å². The molecule has 0 amide bonds. The van der Waals surface area contributed by atoms with Crippen molar-refractivity contribution in [2.45, 2.75) is 32.1 Å². The third-order valence-electron chi connectivity index (χ3n) is 3.51. The molecule has 19 heavy (non-hydrogen) atoms. The first kappa shape index (κ1) is 13.7. The summed E-state index contributed by atoms with van der Waals surface area (Å²) in [7, 11) is 0. The number of rotatable bonds is 5. The molecule has 1 saturated carbocycles. The number of anilines is 1. The molecule has 0 aromatic heterocycles. The predicted molar refractivity (Wildman–Crippen MR) is 74.1 cm³/mol. The van der Waals surface area contributed by atoms with Crippen molar-refractivity contribution in [1.82, 2.24) is 0 Å². The van der Waals surface area contributed by atoms with Gasteiger partial charge in [0.25, 0.3) is 0 Å². The van der Waals surface area contributed by atoms with Crippen LogP contribution in [0.15, 0.2) is 24.3 Å². The van der Waals surface area contributed by atoms with E-state index in [1.807, 2.05) is 0 Å². The zero-order chi connectivity index (χ0) is 13.5. The number of esters is 1. The minimum atomic E-state index is -0.223. The molecule has 1 aromatic carbocycles. The van der Waals surface area contributed by atoms with Gasteiger partial charge in [0, 0.05) is 5.69 Å². The second-order valence-corrected chi connectivity index (χ2v) is 5.09. The summed E-state index contributed by atoms with van der Waals surface area (Å²) in [6.07, 6.45) is 6.19. The summed E-state index contributed by atoms with van der Waals surface area (Å²) in [6.45, 7) is 0.716. The molecule has 1 fully saturated rings. The predicted octanol–water partition coefficient (Wildman–Crippen LogP) is 2.93. The molecular weight excluding hydrogens is 242 g/mol. The second-order valence-electron chi connectivity index (χ2n) is 5.09. The van der Waals surface area contributed by atoms with Gasteiger partial charge in [0.2, 0.25) is 0 Å². The third-order valence-corrected chi connectivity index (χ3v) is 3.51. The summed E-state index contributed by atoms with van der Waals surface area (Å²) in [5.74, 6) is 0.537. The highest BCUT2D eigenvalue weighted by molar-refractivity contribution is 5.75. The number of phenolic OH excluding ortho intramolecular Hbond substituents is 1. The molecule has 0 aliphatic heterocycles. The largest absolute Gasteiger partial charge is 0.508 e. The van der Waals surface area contributed by atoms with Crippen molar-refractivity contribution in [1.29, 1.82) is 0 Å². The number of hydrogen-bond donors (Lipinski definition) is 2. The van der Waals surface area contributed by atoms with E-state index in [-0.39, 0.29) is 18.3 Å².